The number of hydrogen-bond acceptors (Lipinski definition) is 3. The van der Waals surface area contributed by atoms with E-state index in [1.165, 1.54) is 19.3 Å². The highest BCUT2D eigenvalue weighted by atomic mass is 16.5. The zero-order valence-electron chi connectivity index (χ0n) is 13.4. The van der Waals surface area contributed by atoms with Gasteiger partial charge in [-0.15, -0.1) is 0 Å². The van der Waals surface area contributed by atoms with Crippen LogP contribution < -0.4 is 15.2 Å². The van der Waals surface area contributed by atoms with Crippen LogP contribution in [-0.4, -0.2) is 19.3 Å². The van der Waals surface area contributed by atoms with Crippen LogP contribution in [0.4, 0.5) is 0 Å². The van der Waals surface area contributed by atoms with Crippen LogP contribution in [0.2, 0.25) is 0 Å². The molecule has 3 heteroatoms. The Labute approximate surface area is 128 Å². The van der Waals surface area contributed by atoms with Gasteiger partial charge in [-0.05, 0) is 62.4 Å². The van der Waals surface area contributed by atoms with Gasteiger partial charge < -0.3 is 15.2 Å². The fourth-order valence-electron chi connectivity index (χ4n) is 3.07. The van der Waals surface area contributed by atoms with E-state index in [0.717, 1.165) is 43.4 Å². The van der Waals surface area contributed by atoms with Crippen molar-refractivity contribution in [3.63, 3.8) is 0 Å². The zero-order valence-corrected chi connectivity index (χ0v) is 13.4. The Bertz CT molecular complexity index is 404. The Morgan fingerprint density at radius 1 is 1.10 bits per heavy atom. The first-order chi connectivity index (χ1) is 10.3. The fraction of sp³-hybridized carbons (Fsp3) is 0.667. The second-order valence-corrected chi connectivity index (χ2v) is 6.06. The molecule has 1 aliphatic carbocycles. The van der Waals surface area contributed by atoms with Gasteiger partial charge in [-0.25, -0.2) is 0 Å². The number of ether oxygens (including phenoxy) is 2. The zero-order chi connectivity index (χ0) is 15.1. The molecular formula is C18H29NO2. The van der Waals surface area contributed by atoms with Crippen molar-refractivity contribution in [3.8, 4) is 11.5 Å². The minimum absolute atomic E-state index is 0.260. The van der Waals surface area contributed by atoms with Crippen molar-refractivity contribution in [2.75, 3.05) is 13.2 Å². The number of hydrogen-bond donors (Lipinski definition) is 1. The summed E-state index contributed by atoms with van der Waals surface area (Å²) in [5.41, 5.74) is 5.91. The van der Waals surface area contributed by atoms with Crippen molar-refractivity contribution in [3.05, 3.63) is 24.3 Å². The number of rotatable bonds is 7. The lowest BCUT2D eigenvalue weighted by atomic mass is 9.78. The highest BCUT2D eigenvalue weighted by Crippen LogP contribution is 2.33. The maximum atomic E-state index is 6.21. The molecule has 1 aromatic rings. The second kappa shape index (κ2) is 8.28. The predicted octanol–water partition coefficient (Wildman–Crippen LogP) is 4.01. The summed E-state index contributed by atoms with van der Waals surface area (Å²) in [5.74, 6) is 3.11. The van der Waals surface area contributed by atoms with Crippen LogP contribution in [0.25, 0.3) is 0 Å². The highest BCUT2D eigenvalue weighted by Gasteiger charge is 2.30. The minimum Gasteiger partial charge on any atom is -0.494 e. The summed E-state index contributed by atoms with van der Waals surface area (Å²) >= 11 is 0. The SMILES string of the molecule is CCCOc1ccc(OC2CC(CC)CCC2CN)cc1. The molecule has 3 unspecified atom stereocenters. The Hall–Kier alpha value is -1.22. The molecule has 2 rings (SSSR count). The van der Waals surface area contributed by atoms with Crippen molar-refractivity contribution >= 4 is 0 Å². The Balaban J connectivity index is 1.94. The van der Waals surface area contributed by atoms with Gasteiger partial charge in [-0.1, -0.05) is 20.3 Å². The van der Waals surface area contributed by atoms with Crippen molar-refractivity contribution in [1.82, 2.24) is 0 Å². The molecule has 1 aliphatic rings. The highest BCUT2D eigenvalue weighted by molar-refractivity contribution is 5.31. The Morgan fingerprint density at radius 2 is 1.81 bits per heavy atom. The fourth-order valence-corrected chi connectivity index (χ4v) is 3.07. The summed E-state index contributed by atoms with van der Waals surface area (Å²) in [7, 11) is 0. The van der Waals surface area contributed by atoms with Gasteiger partial charge in [0.15, 0.2) is 0 Å². The third-order valence-electron chi connectivity index (χ3n) is 4.50. The van der Waals surface area contributed by atoms with Gasteiger partial charge in [0, 0.05) is 5.92 Å². The third kappa shape index (κ3) is 4.63. The summed E-state index contributed by atoms with van der Waals surface area (Å²) < 4.78 is 11.8. The third-order valence-corrected chi connectivity index (χ3v) is 4.50. The molecule has 0 aliphatic heterocycles. The van der Waals surface area contributed by atoms with Crippen LogP contribution in [0.3, 0.4) is 0 Å². The predicted molar refractivity (Wildman–Crippen MR) is 86.8 cm³/mol. The summed E-state index contributed by atoms with van der Waals surface area (Å²) in [5, 5.41) is 0. The molecule has 0 saturated heterocycles. The van der Waals surface area contributed by atoms with E-state index in [4.69, 9.17) is 15.2 Å². The summed E-state index contributed by atoms with van der Waals surface area (Å²) in [6.45, 7) is 5.86. The smallest absolute Gasteiger partial charge is 0.120 e. The molecule has 1 aromatic carbocycles. The molecule has 21 heavy (non-hydrogen) atoms. The molecule has 2 N–H and O–H groups in total. The van der Waals surface area contributed by atoms with Gasteiger partial charge in [0.1, 0.15) is 17.6 Å². The molecule has 0 spiro atoms. The molecule has 0 bridgehead atoms. The Kier molecular flexibility index (Phi) is 6.37. The van der Waals surface area contributed by atoms with Gasteiger partial charge in [0.2, 0.25) is 0 Å². The van der Waals surface area contributed by atoms with Gasteiger partial charge in [0.05, 0.1) is 6.61 Å². The molecule has 1 saturated carbocycles. The molecular weight excluding hydrogens is 262 g/mol. The second-order valence-electron chi connectivity index (χ2n) is 6.06. The Morgan fingerprint density at radius 3 is 2.43 bits per heavy atom. The van der Waals surface area contributed by atoms with E-state index in [1.807, 2.05) is 24.3 Å². The average Bonchev–Trinajstić information content (AvgIpc) is 2.54. The minimum atomic E-state index is 0.260. The van der Waals surface area contributed by atoms with E-state index < -0.39 is 0 Å². The summed E-state index contributed by atoms with van der Waals surface area (Å²) in [4.78, 5) is 0. The lowest BCUT2D eigenvalue weighted by Gasteiger charge is -2.35. The van der Waals surface area contributed by atoms with Crippen molar-refractivity contribution in [2.45, 2.75) is 52.1 Å². The van der Waals surface area contributed by atoms with E-state index in [-0.39, 0.29) is 6.10 Å². The lowest BCUT2D eigenvalue weighted by molar-refractivity contribution is 0.0684. The summed E-state index contributed by atoms with van der Waals surface area (Å²) in [6.07, 6.45) is 6.14. The molecule has 1 fully saturated rings. The van der Waals surface area contributed by atoms with Crippen molar-refractivity contribution in [2.24, 2.45) is 17.6 Å². The standard InChI is InChI=1S/C18H29NO2/c1-3-11-20-16-7-9-17(10-8-16)21-18-12-14(4-2)5-6-15(18)13-19/h7-10,14-15,18H,3-6,11-13,19H2,1-2H3. The quantitative estimate of drug-likeness (QED) is 0.825. The van der Waals surface area contributed by atoms with E-state index in [0.29, 0.717) is 5.92 Å². The molecule has 0 heterocycles. The van der Waals surface area contributed by atoms with E-state index in [9.17, 15) is 0 Å². The maximum absolute atomic E-state index is 6.21. The first-order valence-corrected chi connectivity index (χ1v) is 8.36. The average molecular weight is 291 g/mol. The van der Waals surface area contributed by atoms with Crippen LogP contribution >= 0.6 is 0 Å². The van der Waals surface area contributed by atoms with E-state index in [2.05, 4.69) is 13.8 Å². The maximum Gasteiger partial charge on any atom is 0.120 e. The first kappa shape index (κ1) is 16.2. The van der Waals surface area contributed by atoms with Crippen LogP contribution in [0.5, 0.6) is 11.5 Å². The van der Waals surface area contributed by atoms with E-state index >= 15 is 0 Å². The van der Waals surface area contributed by atoms with Crippen LogP contribution in [0.1, 0.15) is 46.0 Å². The normalized spacial score (nSPS) is 25.6. The van der Waals surface area contributed by atoms with Gasteiger partial charge in [-0.2, -0.15) is 0 Å². The molecule has 0 radical (unpaired) electrons. The molecule has 0 amide bonds. The lowest BCUT2D eigenvalue weighted by Crippen LogP contribution is -2.38. The topological polar surface area (TPSA) is 44.5 Å². The van der Waals surface area contributed by atoms with Crippen molar-refractivity contribution < 1.29 is 9.47 Å². The molecule has 3 nitrogen and oxygen atoms in total. The largest absolute Gasteiger partial charge is 0.494 e. The number of nitrogens with two attached hydrogens (primary N) is 1. The first-order valence-electron chi connectivity index (χ1n) is 8.36. The van der Waals surface area contributed by atoms with Crippen LogP contribution in [0.15, 0.2) is 24.3 Å². The van der Waals surface area contributed by atoms with Gasteiger partial charge in [0.25, 0.3) is 0 Å². The van der Waals surface area contributed by atoms with Crippen molar-refractivity contribution in [1.29, 1.82) is 0 Å². The van der Waals surface area contributed by atoms with E-state index in [1.54, 1.807) is 0 Å². The molecule has 118 valence electrons. The van der Waals surface area contributed by atoms with Gasteiger partial charge in [-0.3, -0.25) is 0 Å². The van der Waals surface area contributed by atoms with Crippen LogP contribution in [-0.2, 0) is 0 Å². The number of benzene rings is 1. The van der Waals surface area contributed by atoms with Crippen LogP contribution in [0, 0.1) is 11.8 Å². The summed E-state index contributed by atoms with van der Waals surface area (Å²) in [6, 6.07) is 7.99. The molecule has 0 aromatic heterocycles. The monoisotopic (exact) mass is 291 g/mol. The van der Waals surface area contributed by atoms with Gasteiger partial charge >= 0.3 is 0 Å². The molecule has 3 atom stereocenters.